The van der Waals surface area contributed by atoms with Gasteiger partial charge in [-0.1, -0.05) is 0 Å². The molecule has 0 bridgehead atoms. The first-order chi connectivity index (χ1) is 12.2. The average Bonchev–Trinajstić information content (AvgIpc) is 2.69. The van der Waals surface area contributed by atoms with Crippen molar-refractivity contribution in [2.24, 2.45) is 0 Å². The minimum Gasteiger partial charge on any atom is -0.349 e. The van der Waals surface area contributed by atoms with E-state index < -0.39 is 0 Å². The van der Waals surface area contributed by atoms with Gasteiger partial charge < -0.3 is 10.2 Å². The highest BCUT2D eigenvalue weighted by Gasteiger charge is 2.22. The molecule has 1 aliphatic rings. The Hall–Kier alpha value is -2.94. The molecule has 0 spiro atoms. The van der Waals surface area contributed by atoms with Crippen LogP contribution in [0.3, 0.4) is 0 Å². The summed E-state index contributed by atoms with van der Waals surface area (Å²) >= 11 is 0. The Balaban J connectivity index is 1.39. The smallest absolute Gasteiger partial charge is 0.274 e. The predicted octanol–water partition coefficient (Wildman–Crippen LogP) is -0.546. The highest BCUT2D eigenvalue weighted by molar-refractivity contribution is 5.92. The van der Waals surface area contributed by atoms with Gasteiger partial charge in [0.15, 0.2) is 0 Å². The van der Waals surface area contributed by atoms with Gasteiger partial charge in [0, 0.05) is 64.1 Å². The molecule has 2 aromatic heterocycles. The van der Waals surface area contributed by atoms with E-state index in [2.05, 4.69) is 30.2 Å². The number of hydrogen-bond acceptors (Lipinski definition) is 7. The number of rotatable bonds is 5. The Morgan fingerprint density at radius 1 is 0.920 bits per heavy atom. The Morgan fingerprint density at radius 2 is 1.56 bits per heavy atom. The summed E-state index contributed by atoms with van der Waals surface area (Å²) < 4.78 is 0. The van der Waals surface area contributed by atoms with Gasteiger partial charge in [-0.05, 0) is 0 Å². The van der Waals surface area contributed by atoms with Gasteiger partial charge in [0.1, 0.15) is 11.4 Å². The molecule has 2 amide bonds. The summed E-state index contributed by atoms with van der Waals surface area (Å²) in [6.45, 7) is 4.02. The molecule has 0 radical (unpaired) electrons. The summed E-state index contributed by atoms with van der Waals surface area (Å²) in [6.07, 6.45) is 9.00. The van der Waals surface area contributed by atoms with Gasteiger partial charge in [0.2, 0.25) is 0 Å². The number of amides is 2. The molecule has 3 heterocycles. The largest absolute Gasteiger partial charge is 0.349 e. The minimum atomic E-state index is -0.232. The van der Waals surface area contributed by atoms with Crippen LogP contribution in [0.25, 0.3) is 0 Å². The molecule has 0 unspecified atom stereocenters. The highest BCUT2D eigenvalue weighted by Crippen LogP contribution is 2.06. The zero-order valence-corrected chi connectivity index (χ0v) is 13.7. The third-order valence-corrected chi connectivity index (χ3v) is 3.95. The Kier molecular flexibility index (Phi) is 5.57. The molecule has 0 aromatic carbocycles. The Morgan fingerprint density at radius 3 is 2.16 bits per heavy atom. The van der Waals surface area contributed by atoms with Crippen molar-refractivity contribution in [1.29, 1.82) is 0 Å². The summed E-state index contributed by atoms with van der Waals surface area (Å²) in [5.74, 6) is -0.326. The van der Waals surface area contributed by atoms with Crippen molar-refractivity contribution in [3.8, 4) is 0 Å². The number of hydrogen-bond donors (Lipinski definition) is 1. The standard InChI is InChI=1S/C16H19N7O2/c24-15(13-11-17-1-3-19-13)21-5-6-22-7-9-23(10-8-22)16(25)14-12-18-2-4-20-14/h1-4,11-12H,5-10H2,(H,21,24). The van der Waals surface area contributed by atoms with Crippen LogP contribution in [-0.2, 0) is 0 Å². The van der Waals surface area contributed by atoms with E-state index in [0.717, 1.165) is 19.6 Å². The van der Waals surface area contributed by atoms with E-state index in [1.807, 2.05) is 0 Å². The lowest BCUT2D eigenvalue weighted by Gasteiger charge is -2.34. The van der Waals surface area contributed by atoms with Crippen LogP contribution in [0, 0.1) is 0 Å². The average molecular weight is 341 g/mol. The SMILES string of the molecule is O=C(NCCN1CCN(C(=O)c2cnccn2)CC1)c1cnccn1. The summed E-state index contributed by atoms with van der Waals surface area (Å²) in [6, 6.07) is 0. The molecule has 0 aliphatic carbocycles. The van der Waals surface area contributed by atoms with Gasteiger partial charge in [-0.25, -0.2) is 9.97 Å². The van der Waals surface area contributed by atoms with Crippen LogP contribution >= 0.6 is 0 Å². The molecule has 130 valence electrons. The molecule has 25 heavy (non-hydrogen) atoms. The van der Waals surface area contributed by atoms with Gasteiger partial charge in [-0.3, -0.25) is 24.5 Å². The molecule has 1 fully saturated rings. The second kappa shape index (κ2) is 8.25. The lowest BCUT2D eigenvalue weighted by Crippen LogP contribution is -2.50. The van der Waals surface area contributed by atoms with Crippen molar-refractivity contribution in [2.45, 2.75) is 0 Å². The Labute approximate surface area is 145 Å². The van der Waals surface area contributed by atoms with E-state index in [0.29, 0.717) is 31.0 Å². The molecular formula is C16H19N7O2. The Bertz CT molecular complexity index is 700. The van der Waals surface area contributed by atoms with Gasteiger partial charge in [-0.2, -0.15) is 0 Å². The van der Waals surface area contributed by atoms with Gasteiger partial charge in [0.25, 0.3) is 11.8 Å². The molecule has 2 aromatic rings. The van der Waals surface area contributed by atoms with Crippen molar-refractivity contribution >= 4 is 11.8 Å². The summed E-state index contributed by atoms with van der Waals surface area (Å²) in [5.41, 5.74) is 0.675. The van der Waals surface area contributed by atoms with Crippen molar-refractivity contribution in [2.75, 3.05) is 39.3 Å². The quantitative estimate of drug-likeness (QED) is 0.778. The molecule has 1 N–H and O–H groups in total. The summed E-state index contributed by atoms with van der Waals surface area (Å²) in [4.78, 5) is 44.0. The maximum Gasteiger partial charge on any atom is 0.274 e. The van der Waals surface area contributed by atoms with E-state index in [1.165, 1.54) is 31.0 Å². The molecule has 0 saturated carbocycles. The summed E-state index contributed by atoms with van der Waals surface area (Å²) in [7, 11) is 0. The fraction of sp³-hybridized carbons (Fsp3) is 0.375. The van der Waals surface area contributed by atoms with Crippen molar-refractivity contribution in [1.82, 2.24) is 35.1 Å². The summed E-state index contributed by atoms with van der Waals surface area (Å²) in [5, 5.41) is 2.82. The van der Waals surface area contributed by atoms with Gasteiger partial charge >= 0.3 is 0 Å². The van der Waals surface area contributed by atoms with E-state index in [4.69, 9.17) is 0 Å². The monoisotopic (exact) mass is 341 g/mol. The van der Waals surface area contributed by atoms with Crippen LogP contribution in [0.5, 0.6) is 0 Å². The van der Waals surface area contributed by atoms with Crippen molar-refractivity contribution < 1.29 is 9.59 Å². The second-order valence-electron chi connectivity index (χ2n) is 5.57. The van der Waals surface area contributed by atoms with Gasteiger partial charge in [0.05, 0.1) is 12.4 Å². The maximum absolute atomic E-state index is 12.3. The highest BCUT2D eigenvalue weighted by atomic mass is 16.2. The normalized spacial score (nSPS) is 15.0. The predicted molar refractivity (Wildman–Crippen MR) is 88.7 cm³/mol. The first kappa shape index (κ1) is 16.9. The molecule has 9 nitrogen and oxygen atoms in total. The molecule has 0 atom stereocenters. The van der Waals surface area contributed by atoms with Crippen LogP contribution in [0.15, 0.2) is 37.2 Å². The van der Waals surface area contributed by atoms with Gasteiger partial charge in [-0.15, -0.1) is 0 Å². The molecule has 9 heteroatoms. The first-order valence-corrected chi connectivity index (χ1v) is 8.06. The molecule has 3 rings (SSSR count). The van der Waals surface area contributed by atoms with E-state index in [1.54, 1.807) is 11.1 Å². The fourth-order valence-corrected chi connectivity index (χ4v) is 2.58. The molecule has 1 saturated heterocycles. The topological polar surface area (TPSA) is 104 Å². The van der Waals surface area contributed by atoms with E-state index in [-0.39, 0.29) is 11.8 Å². The lowest BCUT2D eigenvalue weighted by molar-refractivity contribution is 0.0631. The zero-order chi connectivity index (χ0) is 17.5. The minimum absolute atomic E-state index is 0.0938. The molecular weight excluding hydrogens is 322 g/mol. The first-order valence-electron chi connectivity index (χ1n) is 8.06. The number of aromatic nitrogens is 4. The van der Waals surface area contributed by atoms with Crippen LogP contribution in [0.2, 0.25) is 0 Å². The molecule has 1 aliphatic heterocycles. The maximum atomic E-state index is 12.3. The fourth-order valence-electron chi connectivity index (χ4n) is 2.58. The van der Waals surface area contributed by atoms with Crippen LogP contribution in [0.1, 0.15) is 21.0 Å². The number of carbonyl (C=O) groups excluding carboxylic acids is 2. The number of piperazine rings is 1. The van der Waals surface area contributed by atoms with Crippen LogP contribution < -0.4 is 5.32 Å². The third kappa shape index (κ3) is 4.54. The second-order valence-corrected chi connectivity index (χ2v) is 5.57. The van der Waals surface area contributed by atoms with Crippen molar-refractivity contribution in [3.63, 3.8) is 0 Å². The number of nitrogens with one attached hydrogen (secondary N) is 1. The number of nitrogens with zero attached hydrogens (tertiary/aromatic N) is 6. The third-order valence-electron chi connectivity index (χ3n) is 3.95. The lowest BCUT2D eigenvalue weighted by atomic mass is 10.2. The van der Waals surface area contributed by atoms with Crippen LogP contribution in [0.4, 0.5) is 0 Å². The van der Waals surface area contributed by atoms with E-state index >= 15 is 0 Å². The van der Waals surface area contributed by atoms with Crippen LogP contribution in [-0.4, -0.2) is 80.8 Å². The van der Waals surface area contributed by atoms with E-state index in [9.17, 15) is 9.59 Å². The zero-order valence-electron chi connectivity index (χ0n) is 13.7. The number of carbonyl (C=O) groups is 2. The van der Waals surface area contributed by atoms with Crippen molar-refractivity contribution in [3.05, 3.63) is 48.6 Å².